The lowest BCUT2D eigenvalue weighted by atomic mass is 9.91. The minimum absolute atomic E-state index is 0.556. The maximum atomic E-state index is 6.14. The number of nitrogens with zero attached hydrogens (tertiary/aromatic N) is 3. The second kappa shape index (κ2) is 5.57. The van der Waals surface area contributed by atoms with E-state index in [1.807, 2.05) is 18.2 Å². The average Bonchev–Trinajstić information content (AvgIpc) is 2.50. The SMILES string of the molecule is Clc1ccc(Nc2ccc(N3CC4CC(C3)N4)nn2)c(Cl)c1. The predicted molar refractivity (Wildman–Crippen MR) is 89.3 cm³/mol. The lowest BCUT2D eigenvalue weighted by molar-refractivity contribution is 0.225. The van der Waals surface area contributed by atoms with Gasteiger partial charge >= 0.3 is 0 Å². The van der Waals surface area contributed by atoms with Crippen LogP contribution in [0.3, 0.4) is 0 Å². The molecule has 3 aliphatic rings. The summed E-state index contributed by atoms with van der Waals surface area (Å²) in [5.41, 5.74) is 0.761. The zero-order valence-electron chi connectivity index (χ0n) is 11.8. The van der Waals surface area contributed by atoms with E-state index in [2.05, 4.69) is 25.7 Å². The van der Waals surface area contributed by atoms with Crippen molar-refractivity contribution in [2.24, 2.45) is 0 Å². The van der Waals surface area contributed by atoms with Crippen molar-refractivity contribution in [3.05, 3.63) is 40.4 Å². The van der Waals surface area contributed by atoms with Crippen LogP contribution in [-0.4, -0.2) is 35.4 Å². The van der Waals surface area contributed by atoms with Crippen molar-refractivity contribution in [3.8, 4) is 0 Å². The number of piperazine rings is 1. The molecule has 2 bridgehead atoms. The maximum absolute atomic E-state index is 6.14. The van der Waals surface area contributed by atoms with Crippen molar-refractivity contribution >= 4 is 40.5 Å². The Morgan fingerprint density at radius 2 is 1.86 bits per heavy atom. The Morgan fingerprint density at radius 1 is 1.09 bits per heavy atom. The molecule has 0 amide bonds. The summed E-state index contributed by atoms with van der Waals surface area (Å²) in [7, 11) is 0. The average molecular weight is 336 g/mol. The molecule has 4 heterocycles. The molecule has 0 saturated carbocycles. The molecular weight excluding hydrogens is 321 g/mol. The summed E-state index contributed by atoms with van der Waals surface area (Å²) in [6.45, 7) is 2.00. The number of aromatic nitrogens is 2. The van der Waals surface area contributed by atoms with Crippen LogP contribution in [0.5, 0.6) is 0 Å². The second-order valence-corrected chi connectivity index (χ2v) is 6.57. The first kappa shape index (κ1) is 14.1. The third-order valence-electron chi connectivity index (χ3n) is 4.09. The molecule has 3 fully saturated rings. The molecule has 1 aromatic heterocycles. The number of halogens is 2. The molecular formula is C15H15Cl2N5. The van der Waals surface area contributed by atoms with Crippen LogP contribution >= 0.6 is 23.2 Å². The standard InChI is InChI=1S/C15H15Cl2N5/c16-9-1-2-13(12(17)5-9)19-14-3-4-15(21-20-14)22-7-10-6-11(8-22)18-10/h1-5,10-11,18H,6-8H2,(H,19,20). The van der Waals surface area contributed by atoms with E-state index in [1.165, 1.54) is 6.42 Å². The zero-order chi connectivity index (χ0) is 15.1. The van der Waals surface area contributed by atoms with E-state index < -0.39 is 0 Å². The van der Waals surface area contributed by atoms with Crippen LogP contribution < -0.4 is 15.5 Å². The molecule has 2 N–H and O–H groups in total. The molecule has 0 radical (unpaired) electrons. The molecule has 22 heavy (non-hydrogen) atoms. The number of hydrogen-bond donors (Lipinski definition) is 2. The first-order valence-corrected chi connectivity index (χ1v) is 8.00. The highest BCUT2D eigenvalue weighted by molar-refractivity contribution is 6.36. The topological polar surface area (TPSA) is 53.1 Å². The van der Waals surface area contributed by atoms with E-state index in [0.717, 1.165) is 24.6 Å². The molecule has 0 aliphatic carbocycles. The first-order chi connectivity index (χ1) is 10.7. The van der Waals surface area contributed by atoms with E-state index in [-0.39, 0.29) is 0 Å². The van der Waals surface area contributed by atoms with Gasteiger partial charge in [0.1, 0.15) is 0 Å². The summed E-state index contributed by atoms with van der Waals surface area (Å²) < 4.78 is 0. The van der Waals surface area contributed by atoms with E-state index in [0.29, 0.717) is 27.9 Å². The summed E-state index contributed by atoms with van der Waals surface area (Å²) in [6, 6.07) is 10.4. The highest BCUT2D eigenvalue weighted by Crippen LogP contribution is 2.28. The number of fused-ring (bicyclic) bond motifs is 2. The number of hydrogen-bond acceptors (Lipinski definition) is 5. The van der Waals surface area contributed by atoms with Gasteiger partial charge in [-0.15, -0.1) is 10.2 Å². The lowest BCUT2D eigenvalue weighted by Crippen LogP contribution is -2.67. The Kier molecular flexibility index (Phi) is 3.56. The van der Waals surface area contributed by atoms with E-state index in [9.17, 15) is 0 Å². The van der Waals surface area contributed by atoms with Gasteiger partial charge in [0.2, 0.25) is 0 Å². The Balaban J connectivity index is 1.47. The minimum atomic E-state index is 0.556. The summed E-state index contributed by atoms with van der Waals surface area (Å²) in [6.07, 6.45) is 1.28. The molecule has 2 atom stereocenters. The largest absolute Gasteiger partial charge is 0.352 e. The van der Waals surface area contributed by atoms with Gasteiger partial charge in [-0.25, -0.2) is 0 Å². The van der Waals surface area contributed by atoms with Crippen LogP contribution in [0.4, 0.5) is 17.3 Å². The molecule has 2 unspecified atom stereocenters. The van der Waals surface area contributed by atoms with Crippen molar-refractivity contribution < 1.29 is 0 Å². The van der Waals surface area contributed by atoms with Gasteiger partial charge in [-0.3, -0.25) is 0 Å². The number of anilines is 3. The van der Waals surface area contributed by atoms with Crippen LogP contribution in [0.25, 0.3) is 0 Å². The molecule has 114 valence electrons. The van der Waals surface area contributed by atoms with Gasteiger partial charge in [-0.05, 0) is 36.8 Å². The Hall–Kier alpha value is -1.56. The highest BCUT2D eigenvalue weighted by Gasteiger charge is 2.36. The number of piperidine rings is 1. The van der Waals surface area contributed by atoms with E-state index >= 15 is 0 Å². The van der Waals surface area contributed by atoms with Crippen LogP contribution in [0.2, 0.25) is 10.0 Å². The molecule has 1 aromatic carbocycles. The van der Waals surface area contributed by atoms with Gasteiger partial charge < -0.3 is 15.5 Å². The molecule has 7 heteroatoms. The summed E-state index contributed by atoms with van der Waals surface area (Å²) in [5.74, 6) is 1.58. The van der Waals surface area contributed by atoms with Crippen molar-refractivity contribution in [2.75, 3.05) is 23.3 Å². The molecule has 3 saturated heterocycles. The number of rotatable bonds is 3. The summed E-state index contributed by atoms with van der Waals surface area (Å²) >= 11 is 12.0. The van der Waals surface area contributed by atoms with Crippen LogP contribution in [0.1, 0.15) is 6.42 Å². The monoisotopic (exact) mass is 335 g/mol. The van der Waals surface area contributed by atoms with Crippen molar-refractivity contribution in [1.29, 1.82) is 0 Å². The minimum Gasteiger partial charge on any atom is -0.352 e. The first-order valence-electron chi connectivity index (χ1n) is 7.24. The van der Waals surface area contributed by atoms with E-state index in [1.54, 1.807) is 12.1 Å². The van der Waals surface area contributed by atoms with Gasteiger partial charge in [0, 0.05) is 30.2 Å². The fourth-order valence-corrected chi connectivity index (χ4v) is 3.45. The maximum Gasteiger partial charge on any atom is 0.153 e. The van der Waals surface area contributed by atoms with Crippen molar-refractivity contribution in [2.45, 2.75) is 18.5 Å². The fourth-order valence-electron chi connectivity index (χ4n) is 2.99. The Morgan fingerprint density at radius 3 is 2.50 bits per heavy atom. The smallest absolute Gasteiger partial charge is 0.153 e. The predicted octanol–water partition coefficient (Wildman–Crippen LogP) is 3.08. The molecule has 0 spiro atoms. The normalized spacial score (nSPS) is 23.1. The molecule has 3 aliphatic heterocycles. The highest BCUT2D eigenvalue weighted by atomic mass is 35.5. The summed E-state index contributed by atoms with van der Waals surface area (Å²) in [4.78, 5) is 2.28. The fraction of sp³-hybridized carbons (Fsp3) is 0.333. The van der Waals surface area contributed by atoms with Gasteiger partial charge in [0.25, 0.3) is 0 Å². The van der Waals surface area contributed by atoms with Crippen LogP contribution in [0, 0.1) is 0 Å². The van der Waals surface area contributed by atoms with E-state index in [4.69, 9.17) is 23.2 Å². The number of benzene rings is 1. The van der Waals surface area contributed by atoms with Gasteiger partial charge in [-0.1, -0.05) is 23.2 Å². The third-order valence-corrected chi connectivity index (χ3v) is 4.64. The third kappa shape index (κ3) is 2.72. The second-order valence-electron chi connectivity index (χ2n) is 5.73. The van der Waals surface area contributed by atoms with Crippen LogP contribution in [0.15, 0.2) is 30.3 Å². The molecule has 5 rings (SSSR count). The number of nitrogens with one attached hydrogen (secondary N) is 2. The van der Waals surface area contributed by atoms with Gasteiger partial charge in [0.15, 0.2) is 11.6 Å². The Labute approximate surface area is 138 Å². The Bertz CT molecular complexity index is 675. The summed E-state index contributed by atoms with van der Waals surface area (Å²) in [5, 5.41) is 16.4. The van der Waals surface area contributed by atoms with Crippen LogP contribution in [-0.2, 0) is 0 Å². The zero-order valence-corrected chi connectivity index (χ0v) is 13.3. The lowest BCUT2D eigenvalue weighted by Gasteiger charge is -2.48. The van der Waals surface area contributed by atoms with Gasteiger partial charge in [-0.2, -0.15) is 0 Å². The molecule has 5 nitrogen and oxygen atoms in total. The molecule has 2 aromatic rings. The van der Waals surface area contributed by atoms with Crippen molar-refractivity contribution in [3.63, 3.8) is 0 Å². The quantitative estimate of drug-likeness (QED) is 0.902. The van der Waals surface area contributed by atoms with Gasteiger partial charge in [0.05, 0.1) is 10.7 Å². The van der Waals surface area contributed by atoms with Crippen molar-refractivity contribution in [1.82, 2.24) is 15.5 Å².